The van der Waals surface area contributed by atoms with Crippen molar-refractivity contribution in [3.8, 4) is 12.3 Å². The summed E-state index contributed by atoms with van der Waals surface area (Å²) >= 11 is 0. The van der Waals surface area contributed by atoms with Gasteiger partial charge in [0.05, 0.1) is 5.56 Å². The SMILES string of the molecule is C#CCC(C)NC(=O)c1ccc(F)cc1N. The lowest BCUT2D eigenvalue weighted by atomic mass is 10.1. The van der Waals surface area contributed by atoms with E-state index in [-0.39, 0.29) is 23.2 Å². The van der Waals surface area contributed by atoms with Gasteiger partial charge in [-0.1, -0.05) is 0 Å². The lowest BCUT2D eigenvalue weighted by molar-refractivity contribution is 0.0942. The molecule has 0 fully saturated rings. The van der Waals surface area contributed by atoms with Crippen molar-refractivity contribution in [2.45, 2.75) is 19.4 Å². The van der Waals surface area contributed by atoms with Crippen molar-refractivity contribution >= 4 is 11.6 Å². The summed E-state index contributed by atoms with van der Waals surface area (Å²) in [5.41, 5.74) is 5.90. The Hall–Kier alpha value is -2.02. The summed E-state index contributed by atoms with van der Waals surface area (Å²) in [6, 6.07) is 3.52. The lowest BCUT2D eigenvalue weighted by Crippen LogP contribution is -2.32. The Labute approximate surface area is 93.8 Å². The van der Waals surface area contributed by atoms with Crippen LogP contribution < -0.4 is 11.1 Å². The summed E-state index contributed by atoms with van der Waals surface area (Å²) < 4.78 is 12.8. The largest absolute Gasteiger partial charge is 0.398 e. The van der Waals surface area contributed by atoms with E-state index in [0.717, 1.165) is 6.07 Å². The molecule has 0 aliphatic carbocycles. The topological polar surface area (TPSA) is 55.1 Å². The van der Waals surface area contributed by atoms with Crippen LogP contribution in [0.15, 0.2) is 18.2 Å². The second kappa shape index (κ2) is 5.17. The van der Waals surface area contributed by atoms with Crippen LogP contribution in [0, 0.1) is 18.2 Å². The average Bonchev–Trinajstić information content (AvgIpc) is 2.17. The van der Waals surface area contributed by atoms with E-state index >= 15 is 0 Å². The molecule has 0 saturated carbocycles. The van der Waals surface area contributed by atoms with Gasteiger partial charge in [-0.2, -0.15) is 0 Å². The quantitative estimate of drug-likeness (QED) is 0.599. The molecule has 0 heterocycles. The van der Waals surface area contributed by atoms with Crippen molar-refractivity contribution < 1.29 is 9.18 Å². The van der Waals surface area contributed by atoms with Crippen LogP contribution in [0.3, 0.4) is 0 Å². The number of terminal acetylenes is 1. The molecule has 0 aliphatic heterocycles. The number of nitrogens with one attached hydrogen (secondary N) is 1. The summed E-state index contributed by atoms with van der Waals surface area (Å²) in [7, 11) is 0. The number of rotatable bonds is 3. The molecular weight excluding hydrogens is 207 g/mol. The lowest BCUT2D eigenvalue weighted by Gasteiger charge is -2.12. The molecule has 1 unspecified atom stereocenters. The predicted octanol–water partition coefficient (Wildman–Crippen LogP) is 1.55. The van der Waals surface area contributed by atoms with E-state index in [9.17, 15) is 9.18 Å². The van der Waals surface area contributed by atoms with Gasteiger partial charge in [-0.15, -0.1) is 12.3 Å². The highest BCUT2D eigenvalue weighted by Gasteiger charge is 2.12. The fourth-order valence-electron chi connectivity index (χ4n) is 1.27. The van der Waals surface area contributed by atoms with Crippen molar-refractivity contribution in [1.29, 1.82) is 0 Å². The molecule has 0 radical (unpaired) electrons. The van der Waals surface area contributed by atoms with Crippen LogP contribution in [0.5, 0.6) is 0 Å². The highest BCUT2D eigenvalue weighted by Crippen LogP contribution is 2.13. The standard InChI is InChI=1S/C12H13FN2O/c1-3-4-8(2)15-12(16)10-6-5-9(13)7-11(10)14/h1,5-8H,4,14H2,2H3,(H,15,16). The first-order valence-electron chi connectivity index (χ1n) is 4.84. The second-order valence-electron chi connectivity index (χ2n) is 3.51. The summed E-state index contributed by atoms with van der Waals surface area (Å²) in [5, 5.41) is 2.67. The van der Waals surface area contributed by atoms with Gasteiger partial charge < -0.3 is 11.1 Å². The van der Waals surface area contributed by atoms with Crippen molar-refractivity contribution in [3.63, 3.8) is 0 Å². The number of amides is 1. The van der Waals surface area contributed by atoms with Gasteiger partial charge in [0.1, 0.15) is 5.82 Å². The van der Waals surface area contributed by atoms with E-state index in [1.54, 1.807) is 6.92 Å². The molecule has 1 amide bonds. The zero-order chi connectivity index (χ0) is 12.1. The Morgan fingerprint density at radius 3 is 2.94 bits per heavy atom. The van der Waals surface area contributed by atoms with E-state index in [1.807, 2.05) is 0 Å². The average molecular weight is 220 g/mol. The highest BCUT2D eigenvalue weighted by molar-refractivity contribution is 5.99. The predicted molar refractivity (Wildman–Crippen MR) is 61.2 cm³/mol. The maximum absolute atomic E-state index is 12.8. The fraction of sp³-hybridized carbons (Fsp3) is 0.250. The highest BCUT2D eigenvalue weighted by atomic mass is 19.1. The van der Waals surface area contributed by atoms with Gasteiger partial charge in [0.15, 0.2) is 0 Å². The third kappa shape index (κ3) is 2.99. The minimum Gasteiger partial charge on any atom is -0.398 e. The van der Waals surface area contributed by atoms with E-state index in [0.29, 0.717) is 6.42 Å². The first kappa shape index (κ1) is 12.1. The molecule has 0 aliphatic rings. The van der Waals surface area contributed by atoms with Crippen LogP contribution in [-0.4, -0.2) is 11.9 Å². The molecule has 3 nitrogen and oxygen atoms in total. The Morgan fingerprint density at radius 2 is 2.38 bits per heavy atom. The number of benzene rings is 1. The van der Waals surface area contributed by atoms with Gasteiger partial charge in [0, 0.05) is 18.2 Å². The number of anilines is 1. The molecule has 1 aromatic rings. The zero-order valence-electron chi connectivity index (χ0n) is 8.96. The van der Waals surface area contributed by atoms with Gasteiger partial charge >= 0.3 is 0 Å². The molecule has 84 valence electrons. The Bertz CT molecular complexity index is 437. The minimum atomic E-state index is -0.467. The summed E-state index contributed by atoms with van der Waals surface area (Å²) in [5.74, 6) is 1.63. The minimum absolute atomic E-state index is 0.116. The number of nitrogens with two attached hydrogens (primary N) is 1. The smallest absolute Gasteiger partial charge is 0.253 e. The second-order valence-corrected chi connectivity index (χ2v) is 3.51. The van der Waals surface area contributed by atoms with Crippen molar-refractivity contribution in [2.24, 2.45) is 0 Å². The van der Waals surface area contributed by atoms with Crippen LogP contribution in [0.1, 0.15) is 23.7 Å². The number of hydrogen-bond acceptors (Lipinski definition) is 2. The normalized spacial score (nSPS) is 11.6. The molecule has 1 rings (SSSR count). The van der Waals surface area contributed by atoms with E-state index in [2.05, 4.69) is 11.2 Å². The van der Waals surface area contributed by atoms with Crippen LogP contribution in [0.25, 0.3) is 0 Å². The first-order chi connectivity index (χ1) is 7.54. The number of halogens is 1. The third-order valence-electron chi connectivity index (χ3n) is 2.06. The van der Waals surface area contributed by atoms with E-state index in [1.165, 1.54) is 12.1 Å². The molecule has 4 heteroatoms. The van der Waals surface area contributed by atoms with Crippen LogP contribution >= 0.6 is 0 Å². The Kier molecular flexibility index (Phi) is 3.90. The molecule has 1 atom stereocenters. The van der Waals surface area contributed by atoms with Crippen LogP contribution in [0.4, 0.5) is 10.1 Å². The fourth-order valence-corrected chi connectivity index (χ4v) is 1.27. The molecule has 1 aromatic carbocycles. The summed E-state index contributed by atoms with van der Waals surface area (Å²) in [6.07, 6.45) is 5.56. The van der Waals surface area contributed by atoms with Crippen LogP contribution in [0.2, 0.25) is 0 Å². The maximum atomic E-state index is 12.8. The molecule has 0 bridgehead atoms. The molecular formula is C12H13FN2O. The Balaban J connectivity index is 2.78. The summed E-state index contributed by atoms with van der Waals surface area (Å²) in [4.78, 5) is 11.7. The Morgan fingerprint density at radius 1 is 1.69 bits per heavy atom. The van der Waals surface area contributed by atoms with Crippen molar-refractivity contribution in [1.82, 2.24) is 5.32 Å². The molecule has 16 heavy (non-hydrogen) atoms. The number of nitrogen functional groups attached to an aromatic ring is 1. The van der Waals surface area contributed by atoms with Crippen LogP contribution in [-0.2, 0) is 0 Å². The van der Waals surface area contributed by atoms with Gasteiger partial charge in [0.25, 0.3) is 5.91 Å². The monoisotopic (exact) mass is 220 g/mol. The summed E-state index contributed by atoms with van der Waals surface area (Å²) in [6.45, 7) is 1.79. The van der Waals surface area contributed by atoms with E-state index < -0.39 is 5.82 Å². The van der Waals surface area contributed by atoms with Gasteiger partial charge in [-0.25, -0.2) is 4.39 Å². The maximum Gasteiger partial charge on any atom is 0.253 e. The molecule has 0 aromatic heterocycles. The van der Waals surface area contributed by atoms with Gasteiger partial charge in [0.2, 0.25) is 0 Å². The first-order valence-corrected chi connectivity index (χ1v) is 4.84. The number of carbonyl (C=O) groups excluding carboxylic acids is 1. The van der Waals surface area contributed by atoms with E-state index in [4.69, 9.17) is 12.2 Å². The molecule has 3 N–H and O–H groups in total. The number of hydrogen-bond donors (Lipinski definition) is 2. The number of carbonyl (C=O) groups is 1. The van der Waals surface area contributed by atoms with Crippen molar-refractivity contribution in [2.75, 3.05) is 5.73 Å². The molecule has 0 saturated heterocycles. The van der Waals surface area contributed by atoms with Gasteiger partial charge in [-0.05, 0) is 25.1 Å². The van der Waals surface area contributed by atoms with Gasteiger partial charge in [-0.3, -0.25) is 4.79 Å². The third-order valence-corrected chi connectivity index (χ3v) is 2.06. The van der Waals surface area contributed by atoms with Crippen molar-refractivity contribution in [3.05, 3.63) is 29.6 Å². The molecule has 0 spiro atoms. The zero-order valence-corrected chi connectivity index (χ0v) is 8.96.